The Balaban J connectivity index is 1.76. The molecule has 290 valence electrons. The molecule has 5 aromatic carbocycles. The molecule has 0 atom stereocenters. The molecule has 19 nitrogen and oxygen atoms in total. The molecule has 0 aromatic heterocycles. The lowest BCUT2D eigenvalue weighted by Gasteiger charge is -2.16. The Morgan fingerprint density at radius 2 is 1.09 bits per heavy atom. The Morgan fingerprint density at radius 1 is 0.564 bits per heavy atom. The summed E-state index contributed by atoms with van der Waals surface area (Å²) in [4.78, 5) is 10.2. The fraction of sp³-hybridized carbons (Fsp3) is 0.156. The predicted octanol–water partition coefficient (Wildman–Crippen LogP) is 5.83. The van der Waals surface area contributed by atoms with E-state index in [1.807, 2.05) is 0 Å². The van der Waals surface area contributed by atoms with E-state index < -0.39 is 67.6 Å². The van der Waals surface area contributed by atoms with E-state index in [0.717, 1.165) is 53.6 Å². The van der Waals surface area contributed by atoms with Gasteiger partial charge in [0.1, 0.15) is 15.5 Å². The molecular weight excluding hydrogens is 807 g/mol. The van der Waals surface area contributed by atoms with E-state index in [-0.39, 0.29) is 54.1 Å². The van der Waals surface area contributed by atoms with Gasteiger partial charge in [-0.1, -0.05) is 6.07 Å². The molecule has 0 spiro atoms. The van der Waals surface area contributed by atoms with E-state index in [2.05, 4.69) is 42.5 Å². The van der Waals surface area contributed by atoms with Crippen LogP contribution in [-0.2, 0) is 62.0 Å². The lowest BCUT2D eigenvalue weighted by molar-refractivity contribution is -0.114. The Hall–Kier alpha value is -5.27. The van der Waals surface area contributed by atoms with Crippen LogP contribution in [0, 0.1) is 0 Å². The second-order valence-electron chi connectivity index (χ2n) is 11.0. The minimum absolute atomic E-state index is 0.0729. The van der Waals surface area contributed by atoms with Crippen molar-refractivity contribution in [1.29, 1.82) is 0 Å². The average Bonchev–Trinajstić information content (AvgIpc) is 3.16. The number of azo groups is 2. The van der Waals surface area contributed by atoms with Crippen LogP contribution in [0.15, 0.2) is 113 Å². The lowest BCUT2D eigenvalue weighted by Crippen LogP contribution is -2.10. The molecule has 0 radical (unpaired) electrons. The first-order valence-electron chi connectivity index (χ1n) is 15.1. The molecule has 2 N–H and O–H groups in total. The number of fused-ring (bicyclic) bond motifs is 2. The van der Waals surface area contributed by atoms with Crippen LogP contribution in [0.2, 0.25) is 0 Å². The SMILES string of the molecule is COS(=O)(=O)c1ccc(N=Nc2ccc(N=Nc3c(S(=O)(=O)OC)cc4c(S(=O)(=O)OC)ccc(NC(C)=O)c4c3O)c3cc(S(=O)(=O)OC)ccc23)cc1. The van der Waals surface area contributed by atoms with Crippen LogP contribution in [0.5, 0.6) is 5.75 Å². The number of carbonyl (C=O) groups is 1. The summed E-state index contributed by atoms with van der Waals surface area (Å²) in [6.07, 6.45) is 0. The molecule has 0 aliphatic carbocycles. The van der Waals surface area contributed by atoms with E-state index in [0.29, 0.717) is 0 Å². The van der Waals surface area contributed by atoms with Crippen LogP contribution >= 0.6 is 0 Å². The monoisotopic (exact) mass is 835 g/mol. The second kappa shape index (κ2) is 15.5. The zero-order valence-corrected chi connectivity index (χ0v) is 32.4. The molecule has 55 heavy (non-hydrogen) atoms. The molecule has 0 fully saturated rings. The zero-order chi connectivity index (χ0) is 40.5. The summed E-state index contributed by atoms with van der Waals surface area (Å²) in [7, 11) is -13.9. The topological polar surface area (TPSA) is 272 Å². The minimum atomic E-state index is -4.78. The Bertz CT molecular complexity index is 2880. The Morgan fingerprint density at radius 3 is 1.67 bits per heavy atom. The Labute approximate surface area is 314 Å². The number of benzene rings is 5. The summed E-state index contributed by atoms with van der Waals surface area (Å²) >= 11 is 0. The van der Waals surface area contributed by atoms with Crippen molar-refractivity contribution in [2.75, 3.05) is 33.8 Å². The summed E-state index contributed by atoms with van der Waals surface area (Å²) in [5, 5.41) is 30.2. The number of hydrogen-bond acceptors (Lipinski definition) is 18. The summed E-state index contributed by atoms with van der Waals surface area (Å²) in [5.41, 5.74) is -0.549. The van der Waals surface area contributed by atoms with Crippen LogP contribution in [0.3, 0.4) is 0 Å². The van der Waals surface area contributed by atoms with Gasteiger partial charge in [-0.05, 0) is 66.7 Å². The smallest absolute Gasteiger partial charge is 0.299 e. The van der Waals surface area contributed by atoms with Gasteiger partial charge in [0.2, 0.25) is 5.91 Å². The first-order chi connectivity index (χ1) is 25.8. The number of hydrogen-bond donors (Lipinski definition) is 2. The number of nitrogens with one attached hydrogen (secondary N) is 1. The van der Waals surface area contributed by atoms with E-state index in [1.54, 1.807) is 0 Å². The van der Waals surface area contributed by atoms with Crippen molar-refractivity contribution in [3.8, 4) is 5.75 Å². The van der Waals surface area contributed by atoms with Gasteiger partial charge in [0.25, 0.3) is 40.5 Å². The van der Waals surface area contributed by atoms with Crippen LogP contribution in [0.4, 0.5) is 28.4 Å². The first-order valence-corrected chi connectivity index (χ1v) is 20.8. The maximum atomic E-state index is 13.2. The average molecular weight is 836 g/mol. The highest BCUT2D eigenvalue weighted by Crippen LogP contribution is 2.47. The molecule has 0 aliphatic heterocycles. The highest BCUT2D eigenvalue weighted by molar-refractivity contribution is 7.87. The molecule has 5 rings (SSSR count). The Kier molecular flexibility index (Phi) is 11.5. The maximum absolute atomic E-state index is 13.2. The quantitative estimate of drug-likeness (QED) is 0.104. The predicted molar refractivity (Wildman–Crippen MR) is 195 cm³/mol. The van der Waals surface area contributed by atoms with E-state index in [1.165, 1.54) is 54.6 Å². The van der Waals surface area contributed by atoms with Crippen LogP contribution < -0.4 is 5.32 Å². The minimum Gasteiger partial charge on any atom is -0.505 e. The first kappa shape index (κ1) is 40.9. The number of phenols is 1. The van der Waals surface area contributed by atoms with Crippen molar-refractivity contribution in [1.82, 2.24) is 0 Å². The van der Waals surface area contributed by atoms with Crippen molar-refractivity contribution in [3.05, 3.63) is 72.8 Å². The number of rotatable bonds is 13. The van der Waals surface area contributed by atoms with Crippen molar-refractivity contribution < 1.29 is 60.3 Å². The summed E-state index contributed by atoms with van der Waals surface area (Å²) in [6.45, 7) is 1.14. The van der Waals surface area contributed by atoms with Crippen molar-refractivity contribution in [2.45, 2.75) is 26.5 Å². The lowest BCUT2D eigenvalue weighted by atomic mass is 10.1. The van der Waals surface area contributed by atoms with Gasteiger partial charge in [0.05, 0.1) is 66.4 Å². The third kappa shape index (κ3) is 8.23. The van der Waals surface area contributed by atoms with Gasteiger partial charge in [0, 0.05) is 23.1 Å². The van der Waals surface area contributed by atoms with E-state index >= 15 is 0 Å². The second-order valence-corrected chi connectivity index (χ2v) is 17.8. The van der Waals surface area contributed by atoms with Gasteiger partial charge in [-0.2, -0.15) is 38.8 Å². The molecule has 0 bridgehead atoms. The molecule has 0 unspecified atom stereocenters. The highest BCUT2D eigenvalue weighted by Gasteiger charge is 2.29. The third-order valence-corrected chi connectivity index (χ3v) is 13.0. The van der Waals surface area contributed by atoms with Crippen molar-refractivity contribution >= 4 is 96.4 Å². The number of anilines is 1. The van der Waals surface area contributed by atoms with Gasteiger partial charge in [-0.15, -0.1) is 15.3 Å². The highest BCUT2D eigenvalue weighted by atomic mass is 32.2. The van der Waals surface area contributed by atoms with Gasteiger partial charge >= 0.3 is 0 Å². The molecule has 0 saturated carbocycles. The van der Waals surface area contributed by atoms with Gasteiger partial charge in [-0.25, -0.2) is 0 Å². The molecule has 5 aromatic rings. The number of amides is 1. The zero-order valence-electron chi connectivity index (χ0n) is 29.1. The van der Waals surface area contributed by atoms with E-state index in [4.69, 9.17) is 0 Å². The molecule has 0 saturated heterocycles. The maximum Gasteiger partial charge on any atom is 0.299 e. The number of aromatic hydroxyl groups is 1. The van der Waals surface area contributed by atoms with Gasteiger partial charge in [-0.3, -0.25) is 21.5 Å². The molecule has 0 heterocycles. The standard InChI is InChI=1S/C32H29N5O14S4/c1-18(38)33-27-14-15-28(54(44,45)50-4)24-17-29(55(46,47)51-5)31(32(39)30(24)27)37-36-26-13-12-25(22-11-10-21(16-23(22)26)53(42,43)49-3)35-34-19-6-8-20(9-7-19)52(40,41)48-2/h6-17,39H,1-5H3,(H,33,38). The van der Waals surface area contributed by atoms with Crippen LogP contribution in [0.25, 0.3) is 21.5 Å². The van der Waals surface area contributed by atoms with Crippen LogP contribution in [0.1, 0.15) is 6.92 Å². The van der Waals surface area contributed by atoms with Crippen LogP contribution in [-0.4, -0.2) is 73.1 Å². The van der Waals surface area contributed by atoms with Crippen molar-refractivity contribution in [3.63, 3.8) is 0 Å². The fourth-order valence-electron chi connectivity index (χ4n) is 5.13. The molecule has 1 amide bonds. The molecule has 23 heteroatoms. The largest absolute Gasteiger partial charge is 0.505 e. The third-order valence-electron chi connectivity index (χ3n) is 7.79. The number of carbonyl (C=O) groups excluding carboxylic acids is 1. The summed E-state index contributed by atoms with van der Waals surface area (Å²) < 4.78 is 120. The van der Waals surface area contributed by atoms with Crippen molar-refractivity contribution in [2.24, 2.45) is 20.5 Å². The molecule has 0 aliphatic rings. The molecular formula is C32H29N5O14S4. The summed E-state index contributed by atoms with van der Waals surface area (Å²) in [5.74, 6) is -1.56. The summed E-state index contributed by atoms with van der Waals surface area (Å²) in [6, 6.07) is 14.8. The normalized spacial score (nSPS) is 13.0. The van der Waals surface area contributed by atoms with E-state index in [9.17, 15) is 43.6 Å². The van der Waals surface area contributed by atoms with Gasteiger partial charge in [0.15, 0.2) is 5.75 Å². The fourth-order valence-corrected chi connectivity index (χ4v) is 8.14. The number of nitrogens with zero attached hydrogens (tertiary/aromatic N) is 4. The van der Waals surface area contributed by atoms with Gasteiger partial charge < -0.3 is 10.4 Å². The number of phenolic OH excluding ortho intramolecular Hbond substituents is 1.